The average Bonchev–Trinajstić information content (AvgIpc) is 2.51. The summed E-state index contributed by atoms with van der Waals surface area (Å²) in [5.41, 5.74) is 1.91. The fourth-order valence-corrected chi connectivity index (χ4v) is 2.48. The van der Waals surface area contributed by atoms with Crippen molar-refractivity contribution in [2.24, 2.45) is 5.92 Å². The van der Waals surface area contributed by atoms with E-state index in [-0.39, 0.29) is 5.92 Å². The molecule has 0 saturated heterocycles. The molecule has 5 heteroatoms. The van der Waals surface area contributed by atoms with Gasteiger partial charge in [0.1, 0.15) is 5.82 Å². The third-order valence-electron chi connectivity index (χ3n) is 3.57. The lowest BCUT2D eigenvalue weighted by atomic mass is 10.1. The first-order valence-corrected chi connectivity index (χ1v) is 7.31. The van der Waals surface area contributed by atoms with Crippen LogP contribution in [0.1, 0.15) is 24.4 Å². The third kappa shape index (κ3) is 4.00. The molecular formula is C17H19N5. The maximum absolute atomic E-state index is 9.14. The van der Waals surface area contributed by atoms with E-state index in [0.717, 1.165) is 22.4 Å². The summed E-state index contributed by atoms with van der Waals surface area (Å²) >= 11 is 0. The molecule has 5 nitrogen and oxygen atoms in total. The van der Waals surface area contributed by atoms with E-state index in [1.165, 1.54) is 0 Å². The van der Waals surface area contributed by atoms with Gasteiger partial charge in [-0.2, -0.15) is 10.5 Å². The molecule has 0 fully saturated rings. The van der Waals surface area contributed by atoms with Crippen molar-refractivity contribution < 1.29 is 0 Å². The Kier molecular flexibility index (Phi) is 5.41. The first-order valence-electron chi connectivity index (χ1n) is 7.31. The van der Waals surface area contributed by atoms with Crippen LogP contribution in [0, 0.1) is 35.5 Å². The van der Waals surface area contributed by atoms with Gasteiger partial charge in [-0.15, -0.1) is 0 Å². The van der Waals surface area contributed by atoms with Crippen molar-refractivity contribution in [2.45, 2.75) is 26.3 Å². The Bertz CT molecular complexity index is 726. The third-order valence-corrected chi connectivity index (χ3v) is 3.57. The normalized spacial score (nSPS) is 12.0. The number of hydrogen-bond donors (Lipinski definition) is 0. The second kappa shape index (κ2) is 7.49. The van der Waals surface area contributed by atoms with Gasteiger partial charge in [0.25, 0.3) is 0 Å². The van der Waals surface area contributed by atoms with E-state index >= 15 is 0 Å². The molecule has 0 amide bonds. The summed E-state index contributed by atoms with van der Waals surface area (Å²) < 4.78 is 0. The second-order valence-electron chi connectivity index (χ2n) is 5.46. The SMILES string of the molecule is Cc1nc(CN(C)C[C@H](C#N)CCC#N)nc2ccccc12. The Labute approximate surface area is 130 Å². The highest BCUT2D eigenvalue weighted by Gasteiger charge is 2.13. The Hall–Kier alpha value is -2.50. The number of fused-ring (bicyclic) bond motifs is 1. The number of hydrogen-bond acceptors (Lipinski definition) is 5. The van der Waals surface area contributed by atoms with Crippen molar-refractivity contribution in [3.05, 3.63) is 35.8 Å². The lowest BCUT2D eigenvalue weighted by Gasteiger charge is -2.18. The summed E-state index contributed by atoms with van der Waals surface area (Å²) in [7, 11) is 1.95. The summed E-state index contributed by atoms with van der Waals surface area (Å²) in [6, 6.07) is 12.3. The van der Waals surface area contributed by atoms with Crippen molar-refractivity contribution >= 4 is 10.9 Å². The Morgan fingerprint density at radius 3 is 2.73 bits per heavy atom. The van der Waals surface area contributed by atoms with E-state index in [1.54, 1.807) is 0 Å². The largest absolute Gasteiger partial charge is 0.298 e. The fourth-order valence-electron chi connectivity index (χ4n) is 2.48. The molecule has 0 bridgehead atoms. The van der Waals surface area contributed by atoms with E-state index in [9.17, 15) is 0 Å². The first-order chi connectivity index (χ1) is 10.6. The van der Waals surface area contributed by atoms with Gasteiger partial charge in [0.2, 0.25) is 0 Å². The highest BCUT2D eigenvalue weighted by molar-refractivity contribution is 5.80. The Morgan fingerprint density at radius 2 is 2.00 bits per heavy atom. The predicted octanol–water partition coefficient (Wildman–Crippen LogP) is 2.81. The molecular weight excluding hydrogens is 274 g/mol. The van der Waals surface area contributed by atoms with E-state index in [4.69, 9.17) is 10.5 Å². The Balaban J connectivity index is 2.07. The average molecular weight is 293 g/mol. The molecule has 0 aliphatic carbocycles. The topological polar surface area (TPSA) is 76.6 Å². The minimum Gasteiger partial charge on any atom is -0.298 e. The van der Waals surface area contributed by atoms with E-state index in [1.807, 2.05) is 43.1 Å². The van der Waals surface area contributed by atoms with E-state index in [2.05, 4.69) is 22.1 Å². The van der Waals surface area contributed by atoms with E-state index < -0.39 is 0 Å². The number of nitrogens with zero attached hydrogens (tertiary/aromatic N) is 5. The molecule has 1 aromatic carbocycles. The number of benzene rings is 1. The molecule has 0 aliphatic heterocycles. The zero-order valence-electron chi connectivity index (χ0n) is 13.0. The lowest BCUT2D eigenvalue weighted by molar-refractivity contribution is 0.283. The highest BCUT2D eigenvalue weighted by atomic mass is 15.1. The number of nitriles is 2. The van der Waals surface area contributed by atoms with Crippen LogP contribution < -0.4 is 0 Å². The number of rotatable bonds is 6. The van der Waals surface area contributed by atoms with Crippen molar-refractivity contribution in [1.82, 2.24) is 14.9 Å². The monoisotopic (exact) mass is 293 g/mol. The lowest BCUT2D eigenvalue weighted by Crippen LogP contribution is -2.25. The molecule has 2 aromatic rings. The minimum absolute atomic E-state index is 0.133. The molecule has 0 N–H and O–H groups in total. The minimum atomic E-state index is -0.133. The zero-order chi connectivity index (χ0) is 15.9. The van der Waals surface area contributed by atoms with Gasteiger partial charge in [0, 0.05) is 24.0 Å². The molecule has 0 spiro atoms. The molecule has 0 radical (unpaired) electrons. The van der Waals surface area contributed by atoms with Crippen LogP contribution in [0.4, 0.5) is 0 Å². The van der Waals surface area contributed by atoms with Gasteiger partial charge in [-0.05, 0) is 26.5 Å². The van der Waals surface area contributed by atoms with Gasteiger partial charge in [0.15, 0.2) is 0 Å². The second-order valence-corrected chi connectivity index (χ2v) is 5.46. The highest BCUT2D eigenvalue weighted by Crippen LogP contribution is 2.15. The standard InChI is InChI=1S/C17H19N5/c1-13-15-7-3-4-8-16(15)21-17(20-13)12-22(2)11-14(10-19)6-5-9-18/h3-4,7-8,14H,5-6,11-12H2,1-2H3/t14-/m0/s1. The van der Waals surface area contributed by atoms with Crippen molar-refractivity contribution in [3.63, 3.8) is 0 Å². The van der Waals surface area contributed by atoms with Crippen LogP contribution in [0.2, 0.25) is 0 Å². The molecule has 0 unspecified atom stereocenters. The van der Waals surface area contributed by atoms with Gasteiger partial charge < -0.3 is 0 Å². The zero-order valence-corrected chi connectivity index (χ0v) is 13.0. The van der Waals surface area contributed by atoms with Crippen LogP contribution in [0.5, 0.6) is 0 Å². The van der Waals surface area contributed by atoms with Gasteiger partial charge in [-0.1, -0.05) is 18.2 Å². The molecule has 1 atom stereocenters. The smallest absolute Gasteiger partial charge is 0.143 e. The van der Waals surface area contributed by atoms with Gasteiger partial charge in [-0.25, -0.2) is 9.97 Å². The Morgan fingerprint density at radius 1 is 1.23 bits per heavy atom. The maximum Gasteiger partial charge on any atom is 0.143 e. The molecule has 22 heavy (non-hydrogen) atoms. The molecule has 0 aliphatic rings. The van der Waals surface area contributed by atoms with Crippen molar-refractivity contribution in [1.29, 1.82) is 10.5 Å². The number of aryl methyl sites for hydroxylation is 1. The summed E-state index contributed by atoms with van der Waals surface area (Å²) in [6.45, 7) is 3.20. The van der Waals surface area contributed by atoms with Crippen LogP contribution in [-0.2, 0) is 6.54 Å². The van der Waals surface area contributed by atoms with Crippen LogP contribution in [0.15, 0.2) is 24.3 Å². The van der Waals surface area contributed by atoms with E-state index in [0.29, 0.717) is 25.9 Å². The molecule has 2 rings (SSSR count). The van der Waals surface area contributed by atoms with Crippen molar-refractivity contribution in [3.8, 4) is 12.1 Å². The number of para-hydroxylation sites is 1. The van der Waals surface area contributed by atoms with Crippen LogP contribution in [0.3, 0.4) is 0 Å². The maximum atomic E-state index is 9.14. The van der Waals surface area contributed by atoms with Gasteiger partial charge in [-0.3, -0.25) is 4.90 Å². The van der Waals surface area contributed by atoms with Crippen LogP contribution in [0.25, 0.3) is 10.9 Å². The summed E-state index contributed by atoms with van der Waals surface area (Å²) in [5, 5.41) is 18.8. The van der Waals surface area contributed by atoms with Gasteiger partial charge >= 0.3 is 0 Å². The van der Waals surface area contributed by atoms with Crippen molar-refractivity contribution in [2.75, 3.05) is 13.6 Å². The molecule has 1 aromatic heterocycles. The quantitative estimate of drug-likeness (QED) is 0.818. The first kappa shape index (κ1) is 15.9. The summed E-state index contributed by atoms with van der Waals surface area (Å²) in [4.78, 5) is 11.2. The molecule has 112 valence electrons. The van der Waals surface area contributed by atoms with Crippen LogP contribution in [-0.4, -0.2) is 28.5 Å². The number of aromatic nitrogens is 2. The molecule has 0 saturated carbocycles. The predicted molar refractivity (Wildman–Crippen MR) is 84.6 cm³/mol. The summed E-state index contributed by atoms with van der Waals surface area (Å²) in [5.74, 6) is 0.627. The van der Waals surface area contributed by atoms with Crippen LogP contribution >= 0.6 is 0 Å². The molecule has 1 heterocycles. The van der Waals surface area contributed by atoms with Gasteiger partial charge in [0.05, 0.1) is 30.1 Å². The fraction of sp³-hybridized carbons (Fsp3) is 0.412. The summed E-state index contributed by atoms with van der Waals surface area (Å²) in [6.07, 6.45) is 1.02.